The summed E-state index contributed by atoms with van der Waals surface area (Å²) in [7, 11) is 0. The van der Waals surface area contributed by atoms with Crippen molar-refractivity contribution in [1.29, 1.82) is 0 Å². The summed E-state index contributed by atoms with van der Waals surface area (Å²) in [5.41, 5.74) is 4.58. The van der Waals surface area contributed by atoms with Crippen molar-refractivity contribution in [3.05, 3.63) is 64.5 Å². The molecule has 0 amide bonds. The first-order valence-corrected chi connectivity index (χ1v) is 9.14. The summed E-state index contributed by atoms with van der Waals surface area (Å²) in [6, 6.07) is 12.4. The van der Waals surface area contributed by atoms with Crippen LogP contribution < -0.4 is 4.74 Å². The van der Waals surface area contributed by atoms with Gasteiger partial charge in [0.2, 0.25) is 0 Å². The fraction of sp³-hybridized carbons (Fsp3) is 0.455. The van der Waals surface area contributed by atoms with Crippen LogP contribution in [0.5, 0.6) is 5.75 Å². The van der Waals surface area contributed by atoms with Crippen molar-refractivity contribution in [3.8, 4) is 5.75 Å². The lowest BCUT2D eigenvalue weighted by Gasteiger charge is -2.23. The Kier molecular flexibility index (Phi) is 5.23. The Labute approximate surface area is 144 Å². The minimum atomic E-state index is -0.0892. The van der Waals surface area contributed by atoms with Crippen LogP contribution in [0.4, 0.5) is 4.39 Å². The average Bonchev–Trinajstić information content (AvgIpc) is 3.06. The normalized spacial score (nSPS) is 15.7. The lowest BCUT2D eigenvalue weighted by atomic mass is 9.82. The third-order valence-corrected chi connectivity index (χ3v) is 5.41. The van der Waals surface area contributed by atoms with Crippen LogP contribution in [0.15, 0.2) is 36.4 Å². The van der Waals surface area contributed by atoms with Crippen LogP contribution >= 0.6 is 0 Å². The van der Waals surface area contributed by atoms with E-state index in [9.17, 15) is 4.39 Å². The lowest BCUT2D eigenvalue weighted by Crippen LogP contribution is -2.07. The van der Waals surface area contributed by atoms with E-state index in [1.54, 1.807) is 6.07 Å². The fourth-order valence-corrected chi connectivity index (χ4v) is 3.74. The Hall–Kier alpha value is -1.83. The lowest BCUT2D eigenvalue weighted by molar-refractivity contribution is 0.356. The largest absolute Gasteiger partial charge is 0.493 e. The molecule has 0 fully saturated rings. The molecule has 0 saturated carbocycles. The van der Waals surface area contributed by atoms with Gasteiger partial charge in [-0.1, -0.05) is 38.1 Å². The molecule has 3 rings (SSSR count). The summed E-state index contributed by atoms with van der Waals surface area (Å²) >= 11 is 0. The highest BCUT2D eigenvalue weighted by atomic mass is 19.1. The molecule has 1 nitrogen and oxygen atoms in total. The second-order valence-electron chi connectivity index (χ2n) is 6.92. The van der Waals surface area contributed by atoms with Gasteiger partial charge in [0.15, 0.2) is 0 Å². The maximum Gasteiger partial charge on any atom is 0.126 e. The Morgan fingerprint density at radius 1 is 1.00 bits per heavy atom. The summed E-state index contributed by atoms with van der Waals surface area (Å²) in [5, 5.41) is 0. The van der Waals surface area contributed by atoms with Crippen LogP contribution in [0, 0.1) is 12.7 Å². The molecular weight excluding hydrogens is 299 g/mol. The molecule has 1 aliphatic rings. The molecule has 0 spiro atoms. The molecule has 1 heterocycles. The van der Waals surface area contributed by atoms with Crippen molar-refractivity contribution < 1.29 is 9.13 Å². The van der Waals surface area contributed by atoms with E-state index in [0.29, 0.717) is 11.8 Å². The molecule has 2 aromatic rings. The van der Waals surface area contributed by atoms with Gasteiger partial charge in [-0.2, -0.15) is 0 Å². The van der Waals surface area contributed by atoms with Crippen molar-refractivity contribution in [3.63, 3.8) is 0 Å². The highest BCUT2D eigenvalue weighted by Crippen LogP contribution is 2.37. The van der Waals surface area contributed by atoms with E-state index in [2.05, 4.69) is 38.1 Å². The van der Waals surface area contributed by atoms with Crippen molar-refractivity contribution in [2.75, 3.05) is 6.61 Å². The van der Waals surface area contributed by atoms with E-state index < -0.39 is 0 Å². The number of hydrogen-bond acceptors (Lipinski definition) is 1. The molecule has 2 heteroatoms. The third-order valence-electron chi connectivity index (χ3n) is 5.41. The zero-order valence-corrected chi connectivity index (χ0v) is 14.9. The first kappa shape index (κ1) is 17.0. The van der Waals surface area contributed by atoms with Gasteiger partial charge in [0.05, 0.1) is 6.61 Å². The smallest absolute Gasteiger partial charge is 0.126 e. The molecule has 2 unspecified atom stereocenters. The number of fused-ring (bicyclic) bond motifs is 1. The average molecular weight is 326 g/mol. The van der Waals surface area contributed by atoms with Crippen molar-refractivity contribution in [2.45, 2.75) is 58.3 Å². The first-order chi connectivity index (χ1) is 11.6. The van der Waals surface area contributed by atoms with Crippen LogP contribution in [0.1, 0.15) is 67.2 Å². The Balaban J connectivity index is 1.81. The molecule has 1 aliphatic heterocycles. The zero-order chi connectivity index (χ0) is 17.1. The second-order valence-corrected chi connectivity index (χ2v) is 6.92. The first-order valence-electron chi connectivity index (χ1n) is 9.14. The molecule has 0 N–H and O–H groups in total. The van der Waals surface area contributed by atoms with Crippen LogP contribution in [-0.2, 0) is 6.42 Å². The predicted octanol–water partition coefficient (Wildman–Crippen LogP) is 6.15. The molecular formula is C22H27FO. The number of rotatable bonds is 6. The van der Waals surface area contributed by atoms with E-state index in [1.165, 1.54) is 11.1 Å². The summed E-state index contributed by atoms with van der Waals surface area (Å²) in [5.74, 6) is 1.86. The summed E-state index contributed by atoms with van der Waals surface area (Å²) < 4.78 is 19.6. The standard InChI is InChI=1S/C22H27FO/c1-4-16(18-8-9-22-20(13-18)10-11-24-22)12-17(5-2)19-7-6-15(3)21(23)14-19/h6-9,13-14,16-17H,4-5,10-12H2,1-3H3. The van der Waals surface area contributed by atoms with Gasteiger partial charge in [-0.15, -0.1) is 0 Å². The van der Waals surface area contributed by atoms with Crippen LogP contribution in [0.25, 0.3) is 0 Å². The summed E-state index contributed by atoms with van der Waals surface area (Å²) in [4.78, 5) is 0. The maximum atomic E-state index is 14.0. The van der Waals surface area contributed by atoms with Crippen LogP contribution in [-0.4, -0.2) is 6.61 Å². The van der Waals surface area contributed by atoms with E-state index in [1.807, 2.05) is 13.0 Å². The number of halogens is 1. The van der Waals surface area contributed by atoms with Gasteiger partial charge in [-0.3, -0.25) is 0 Å². The minimum Gasteiger partial charge on any atom is -0.493 e. The molecule has 24 heavy (non-hydrogen) atoms. The van der Waals surface area contributed by atoms with E-state index in [-0.39, 0.29) is 5.82 Å². The maximum absolute atomic E-state index is 14.0. The Morgan fingerprint density at radius 3 is 2.33 bits per heavy atom. The fourth-order valence-electron chi connectivity index (χ4n) is 3.74. The molecule has 128 valence electrons. The van der Waals surface area contributed by atoms with Gasteiger partial charge in [0.25, 0.3) is 0 Å². The number of hydrogen-bond donors (Lipinski definition) is 0. The van der Waals surface area contributed by atoms with Crippen molar-refractivity contribution in [1.82, 2.24) is 0 Å². The summed E-state index contributed by atoms with van der Waals surface area (Å²) in [6.45, 7) is 7.07. The van der Waals surface area contributed by atoms with Gasteiger partial charge < -0.3 is 4.74 Å². The molecule has 0 aromatic heterocycles. The Bertz CT molecular complexity index is 707. The number of benzene rings is 2. The third kappa shape index (κ3) is 3.48. The monoisotopic (exact) mass is 326 g/mol. The number of ether oxygens (including phenoxy) is 1. The predicted molar refractivity (Wildman–Crippen MR) is 97.5 cm³/mol. The molecule has 2 aromatic carbocycles. The van der Waals surface area contributed by atoms with E-state index in [4.69, 9.17) is 4.74 Å². The van der Waals surface area contributed by atoms with Gasteiger partial charge >= 0.3 is 0 Å². The second kappa shape index (κ2) is 7.38. The van der Waals surface area contributed by atoms with Crippen LogP contribution in [0.3, 0.4) is 0 Å². The Morgan fingerprint density at radius 2 is 1.67 bits per heavy atom. The summed E-state index contributed by atoms with van der Waals surface area (Å²) in [6.07, 6.45) is 4.21. The molecule has 0 saturated heterocycles. The quantitative estimate of drug-likeness (QED) is 0.619. The molecule has 2 atom stereocenters. The SMILES string of the molecule is CCC(CC(CC)c1ccc2c(c1)CCO2)c1ccc(C)c(F)c1. The van der Waals surface area contributed by atoms with Gasteiger partial charge in [-0.25, -0.2) is 4.39 Å². The highest BCUT2D eigenvalue weighted by Gasteiger charge is 2.20. The van der Waals surface area contributed by atoms with E-state index in [0.717, 1.165) is 49.2 Å². The number of aryl methyl sites for hydroxylation is 1. The minimum absolute atomic E-state index is 0.0892. The molecule has 0 aliphatic carbocycles. The van der Waals surface area contributed by atoms with Crippen molar-refractivity contribution >= 4 is 0 Å². The van der Waals surface area contributed by atoms with Gasteiger partial charge in [0, 0.05) is 6.42 Å². The zero-order valence-electron chi connectivity index (χ0n) is 14.9. The topological polar surface area (TPSA) is 9.23 Å². The van der Waals surface area contributed by atoms with Crippen LogP contribution in [0.2, 0.25) is 0 Å². The molecule has 0 bridgehead atoms. The van der Waals surface area contributed by atoms with Gasteiger partial charge in [0.1, 0.15) is 11.6 Å². The van der Waals surface area contributed by atoms with Gasteiger partial charge in [-0.05, 0) is 72.4 Å². The molecule has 0 radical (unpaired) electrons. The van der Waals surface area contributed by atoms with E-state index >= 15 is 0 Å². The van der Waals surface area contributed by atoms with Crippen molar-refractivity contribution in [2.24, 2.45) is 0 Å². The highest BCUT2D eigenvalue weighted by molar-refractivity contribution is 5.41.